The molecule has 0 spiro atoms. The first-order chi connectivity index (χ1) is 12.3. The van der Waals surface area contributed by atoms with Crippen LogP contribution in [0.15, 0.2) is 24.3 Å². The van der Waals surface area contributed by atoms with E-state index in [0.717, 1.165) is 18.7 Å². The maximum Gasteiger partial charge on any atom is 0.241 e. The number of rotatable bonds is 7. The van der Waals surface area contributed by atoms with Gasteiger partial charge in [-0.3, -0.25) is 19.3 Å². The number of carbonyl (C=O) groups is 3. The smallest absolute Gasteiger partial charge is 0.241 e. The Hall–Kier alpha value is -2.41. The molecule has 0 radical (unpaired) electrons. The second-order valence-electron chi connectivity index (χ2n) is 7.00. The van der Waals surface area contributed by atoms with E-state index in [1.165, 1.54) is 0 Å². The van der Waals surface area contributed by atoms with Gasteiger partial charge in [-0.25, -0.2) is 0 Å². The monoisotopic (exact) mass is 360 g/mol. The topological polar surface area (TPSA) is 81.8 Å². The molecule has 7 heteroatoms. The largest absolute Gasteiger partial charge is 0.353 e. The van der Waals surface area contributed by atoms with E-state index in [1.807, 2.05) is 26.0 Å². The lowest BCUT2D eigenvalue weighted by molar-refractivity contribution is -0.125. The van der Waals surface area contributed by atoms with Gasteiger partial charge in [0.15, 0.2) is 0 Å². The number of anilines is 2. The predicted octanol–water partition coefficient (Wildman–Crippen LogP) is 1.60. The Kier molecular flexibility index (Phi) is 6.74. The van der Waals surface area contributed by atoms with Crippen molar-refractivity contribution in [2.45, 2.75) is 45.7 Å². The van der Waals surface area contributed by atoms with Gasteiger partial charge < -0.3 is 15.5 Å². The third kappa shape index (κ3) is 5.29. The van der Waals surface area contributed by atoms with Crippen LogP contribution < -0.4 is 15.5 Å². The molecule has 1 fully saturated rings. The highest BCUT2D eigenvalue weighted by Crippen LogP contribution is 2.23. The second kappa shape index (κ2) is 8.80. The molecule has 0 saturated carbocycles. The first-order valence-electron chi connectivity index (χ1n) is 8.99. The van der Waals surface area contributed by atoms with Crippen molar-refractivity contribution in [2.24, 2.45) is 0 Å². The summed E-state index contributed by atoms with van der Waals surface area (Å²) in [6.45, 7) is 6.45. The normalized spacial score (nSPS) is 15.5. The summed E-state index contributed by atoms with van der Waals surface area (Å²) in [6.07, 6.45) is 1.47. The molecule has 7 nitrogen and oxygen atoms in total. The average molecular weight is 360 g/mol. The zero-order chi connectivity index (χ0) is 19.3. The number of carbonyl (C=O) groups excluding carboxylic acids is 3. The first kappa shape index (κ1) is 19.9. The minimum Gasteiger partial charge on any atom is -0.353 e. The standard InChI is InChI=1S/C19H28N4O3/c1-13(2)20-17(24)12-22(4)14(3)19(26)21-15-7-9-16(10-8-15)23-11-5-6-18(23)25/h7-10,13-14H,5-6,11-12H2,1-4H3,(H,20,24)(H,21,26). The van der Waals surface area contributed by atoms with Crippen LogP contribution in [-0.2, 0) is 14.4 Å². The summed E-state index contributed by atoms with van der Waals surface area (Å²) < 4.78 is 0. The van der Waals surface area contributed by atoms with Crippen molar-refractivity contribution < 1.29 is 14.4 Å². The predicted molar refractivity (Wildman–Crippen MR) is 102 cm³/mol. The van der Waals surface area contributed by atoms with Crippen LogP contribution in [0.2, 0.25) is 0 Å². The molecule has 1 aliphatic rings. The van der Waals surface area contributed by atoms with Gasteiger partial charge in [0.2, 0.25) is 17.7 Å². The van der Waals surface area contributed by atoms with Crippen molar-refractivity contribution >= 4 is 29.1 Å². The van der Waals surface area contributed by atoms with E-state index in [-0.39, 0.29) is 30.3 Å². The van der Waals surface area contributed by atoms with E-state index < -0.39 is 6.04 Å². The molecule has 26 heavy (non-hydrogen) atoms. The van der Waals surface area contributed by atoms with Gasteiger partial charge >= 0.3 is 0 Å². The highest BCUT2D eigenvalue weighted by molar-refractivity contribution is 5.97. The first-order valence-corrected chi connectivity index (χ1v) is 8.99. The van der Waals surface area contributed by atoms with Crippen molar-refractivity contribution in [3.63, 3.8) is 0 Å². The Labute approximate surface area is 154 Å². The summed E-state index contributed by atoms with van der Waals surface area (Å²) in [5.41, 5.74) is 1.51. The molecular formula is C19H28N4O3. The number of nitrogens with one attached hydrogen (secondary N) is 2. The molecular weight excluding hydrogens is 332 g/mol. The average Bonchev–Trinajstić information content (AvgIpc) is 3.00. The van der Waals surface area contributed by atoms with E-state index in [0.29, 0.717) is 12.1 Å². The molecule has 1 aromatic rings. The molecule has 1 saturated heterocycles. The Morgan fingerprint density at radius 3 is 2.38 bits per heavy atom. The van der Waals surface area contributed by atoms with Crippen LogP contribution in [0.3, 0.4) is 0 Å². The van der Waals surface area contributed by atoms with Crippen LogP contribution in [0.4, 0.5) is 11.4 Å². The molecule has 1 atom stereocenters. The second-order valence-corrected chi connectivity index (χ2v) is 7.00. The maximum atomic E-state index is 12.4. The molecule has 0 aliphatic carbocycles. The molecule has 1 heterocycles. The third-order valence-corrected chi connectivity index (χ3v) is 4.40. The van der Waals surface area contributed by atoms with Crippen molar-refractivity contribution in [1.82, 2.24) is 10.2 Å². The van der Waals surface area contributed by atoms with Gasteiger partial charge in [-0.1, -0.05) is 0 Å². The van der Waals surface area contributed by atoms with Crippen LogP contribution >= 0.6 is 0 Å². The van der Waals surface area contributed by atoms with Crippen molar-refractivity contribution in [3.8, 4) is 0 Å². The molecule has 142 valence electrons. The highest BCUT2D eigenvalue weighted by Gasteiger charge is 2.22. The summed E-state index contributed by atoms with van der Waals surface area (Å²) in [5.74, 6) is -0.159. The van der Waals surface area contributed by atoms with Gasteiger partial charge in [-0.15, -0.1) is 0 Å². The molecule has 1 aliphatic heterocycles. The Morgan fingerprint density at radius 1 is 1.19 bits per heavy atom. The van der Waals surface area contributed by atoms with E-state index in [1.54, 1.807) is 35.9 Å². The van der Waals surface area contributed by atoms with Gasteiger partial charge in [0.05, 0.1) is 12.6 Å². The SMILES string of the molecule is CC(C)NC(=O)CN(C)C(C)C(=O)Nc1ccc(N2CCCC2=O)cc1. The molecule has 1 aromatic carbocycles. The van der Waals surface area contributed by atoms with Crippen LogP contribution in [0, 0.1) is 0 Å². The quantitative estimate of drug-likeness (QED) is 0.774. The van der Waals surface area contributed by atoms with E-state index >= 15 is 0 Å². The zero-order valence-corrected chi connectivity index (χ0v) is 15.9. The lowest BCUT2D eigenvalue weighted by Crippen LogP contribution is -2.45. The van der Waals surface area contributed by atoms with Crippen LogP contribution in [0.25, 0.3) is 0 Å². The Bertz CT molecular complexity index is 657. The summed E-state index contributed by atoms with van der Waals surface area (Å²) in [6, 6.07) is 6.87. The molecule has 2 N–H and O–H groups in total. The number of nitrogens with zero attached hydrogens (tertiary/aromatic N) is 2. The molecule has 2 rings (SSSR count). The summed E-state index contributed by atoms with van der Waals surface area (Å²) in [7, 11) is 1.74. The minimum atomic E-state index is -0.451. The van der Waals surface area contributed by atoms with Crippen molar-refractivity contribution in [1.29, 1.82) is 0 Å². The molecule has 0 aromatic heterocycles. The third-order valence-electron chi connectivity index (χ3n) is 4.40. The molecule has 0 bridgehead atoms. The van der Waals surface area contributed by atoms with Gasteiger partial charge in [-0.05, 0) is 58.5 Å². The van der Waals surface area contributed by atoms with Crippen LogP contribution in [0.1, 0.15) is 33.6 Å². The minimum absolute atomic E-state index is 0.0704. The number of hydrogen-bond donors (Lipinski definition) is 2. The summed E-state index contributed by atoms with van der Waals surface area (Å²) in [4.78, 5) is 39.5. The Morgan fingerprint density at radius 2 is 1.85 bits per heavy atom. The van der Waals surface area contributed by atoms with Crippen LogP contribution in [-0.4, -0.2) is 54.8 Å². The Balaban J connectivity index is 1.89. The van der Waals surface area contributed by atoms with E-state index in [9.17, 15) is 14.4 Å². The van der Waals surface area contributed by atoms with Gasteiger partial charge in [0.25, 0.3) is 0 Å². The summed E-state index contributed by atoms with van der Waals surface area (Å²) >= 11 is 0. The lowest BCUT2D eigenvalue weighted by atomic mass is 10.2. The van der Waals surface area contributed by atoms with Gasteiger partial charge in [0.1, 0.15) is 0 Å². The summed E-state index contributed by atoms with van der Waals surface area (Å²) in [5, 5.41) is 5.66. The molecule has 1 unspecified atom stereocenters. The lowest BCUT2D eigenvalue weighted by Gasteiger charge is -2.24. The van der Waals surface area contributed by atoms with Gasteiger partial charge in [0, 0.05) is 30.4 Å². The number of hydrogen-bond acceptors (Lipinski definition) is 4. The number of amides is 3. The van der Waals surface area contributed by atoms with Gasteiger partial charge in [-0.2, -0.15) is 0 Å². The molecule has 3 amide bonds. The highest BCUT2D eigenvalue weighted by atomic mass is 16.2. The maximum absolute atomic E-state index is 12.4. The van der Waals surface area contributed by atoms with Crippen LogP contribution in [0.5, 0.6) is 0 Å². The fourth-order valence-corrected chi connectivity index (χ4v) is 2.82. The van der Waals surface area contributed by atoms with Crippen molar-refractivity contribution in [2.75, 3.05) is 30.4 Å². The van der Waals surface area contributed by atoms with Crippen molar-refractivity contribution in [3.05, 3.63) is 24.3 Å². The van der Waals surface area contributed by atoms with E-state index in [2.05, 4.69) is 10.6 Å². The van der Waals surface area contributed by atoms with E-state index in [4.69, 9.17) is 0 Å². The fraction of sp³-hybridized carbons (Fsp3) is 0.526. The number of benzene rings is 1. The number of likely N-dealkylation sites (N-methyl/N-ethyl adjacent to an activating group) is 1. The fourth-order valence-electron chi connectivity index (χ4n) is 2.82. The zero-order valence-electron chi connectivity index (χ0n) is 15.9.